The molecule has 3 aromatic rings. The average Bonchev–Trinajstić information content (AvgIpc) is 3.08. The van der Waals surface area contributed by atoms with Crippen LogP contribution in [0.15, 0.2) is 51.1 Å². The Morgan fingerprint density at radius 2 is 2.15 bits per heavy atom. The summed E-state index contributed by atoms with van der Waals surface area (Å²) in [5, 5.41) is 7.63. The van der Waals surface area contributed by atoms with E-state index in [0.29, 0.717) is 0 Å². The second-order valence-electron chi connectivity index (χ2n) is 4.01. The van der Waals surface area contributed by atoms with Crippen LogP contribution in [0.2, 0.25) is 0 Å². The standard InChI is InChI=1S/C13H10Br2N4S/c14-10-7-9(20-12(10)15)8-17-11-3-1-4-16-13(11)19-6-2-5-18-19/h1-7,17H,8H2. The van der Waals surface area contributed by atoms with Crippen LogP contribution < -0.4 is 5.32 Å². The molecule has 1 N–H and O–H groups in total. The van der Waals surface area contributed by atoms with Gasteiger partial charge in [-0.3, -0.25) is 0 Å². The molecule has 0 fully saturated rings. The van der Waals surface area contributed by atoms with E-state index in [1.54, 1.807) is 28.4 Å². The first-order valence-electron chi connectivity index (χ1n) is 5.86. The number of halogens is 2. The predicted octanol–water partition coefficient (Wildman–Crippen LogP) is 4.47. The van der Waals surface area contributed by atoms with Gasteiger partial charge in [-0.05, 0) is 56.1 Å². The van der Waals surface area contributed by atoms with Crippen LogP contribution in [0.25, 0.3) is 5.82 Å². The first-order valence-corrected chi connectivity index (χ1v) is 8.27. The van der Waals surface area contributed by atoms with Gasteiger partial charge >= 0.3 is 0 Å². The molecule has 0 atom stereocenters. The molecule has 0 unspecified atom stereocenters. The highest BCUT2D eigenvalue weighted by molar-refractivity contribution is 9.13. The van der Waals surface area contributed by atoms with Crippen LogP contribution >= 0.6 is 43.2 Å². The molecule has 0 amide bonds. The van der Waals surface area contributed by atoms with E-state index in [-0.39, 0.29) is 0 Å². The molecule has 4 nitrogen and oxygen atoms in total. The first kappa shape index (κ1) is 13.8. The lowest BCUT2D eigenvalue weighted by atomic mass is 10.3. The minimum absolute atomic E-state index is 0.745. The van der Waals surface area contributed by atoms with E-state index in [2.05, 4.69) is 53.3 Å². The molecule has 3 heterocycles. The zero-order valence-electron chi connectivity index (χ0n) is 10.3. The molecule has 102 valence electrons. The Morgan fingerprint density at radius 3 is 2.85 bits per heavy atom. The molecule has 3 aromatic heterocycles. The average molecular weight is 414 g/mol. The summed E-state index contributed by atoms with van der Waals surface area (Å²) in [5.74, 6) is 0.798. The Morgan fingerprint density at radius 1 is 1.25 bits per heavy atom. The van der Waals surface area contributed by atoms with Crippen molar-refractivity contribution in [1.82, 2.24) is 14.8 Å². The molecule has 0 aromatic carbocycles. The summed E-state index contributed by atoms with van der Waals surface area (Å²) in [6.07, 6.45) is 5.39. The van der Waals surface area contributed by atoms with Crippen molar-refractivity contribution in [2.75, 3.05) is 5.32 Å². The maximum Gasteiger partial charge on any atom is 0.176 e. The molecule has 0 saturated carbocycles. The van der Waals surface area contributed by atoms with Crippen LogP contribution in [-0.4, -0.2) is 14.8 Å². The third-order valence-corrected chi connectivity index (χ3v) is 5.91. The number of nitrogens with zero attached hydrogens (tertiary/aromatic N) is 3. The van der Waals surface area contributed by atoms with Gasteiger partial charge in [0.05, 0.1) is 9.47 Å². The summed E-state index contributed by atoms with van der Waals surface area (Å²) < 4.78 is 3.94. The molecule has 0 radical (unpaired) electrons. The van der Waals surface area contributed by atoms with Gasteiger partial charge in [0, 0.05) is 34.5 Å². The molecule has 0 aliphatic heterocycles. The summed E-state index contributed by atoms with van der Waals surface area (Å²) >= 11 is 8.70. The van der Waals surface area contributed by atoms with Crippen LogP contribution in [0.4, 0.5) is 5.69 Å². The van der Waals surface area contributed by atoms with Crippen molar-refractivity contribution in [3.8, 4) is 5.82 Å². The van der Waals surface area contributed by atoms with Gasteiger partial charge in [0.15, 0.2) is 5.82 Å². The van der Waals surface area contributed by atoms with Crippen molar-refractivity contribution in [3.63, 3.8) is 0 Å². The minimum atomic E-state index is 0.745. The molecular formula is C13H10Br2N4S. The zero-order chi connectivity index (χ0) is 13.9. The van der Waals surface area contributed by atoms with Gasteiger partial charge in [0.1, 0.15) is 0 Å². The smallest absolute Gasteiger partial charge is 0.176 e. The van der Waals surface area contributed by atoms with Crippen LogP contribution in [-0.2, 0) is 6.54 Å². The van der Waals surface area contributed by atoms with Crippen LogP contribution in [0.3, 0.4) is 0 Å². The minimum Gasteiger partial charge on any atom is -0.377 e. The molecule has 0 saturated heterocycles. The first-order chi connectivity index (χ1) is 9.74. The number of aromatic nitrogens is 3. The summed E-state index contributed by atoms with van der Waals surface area (Å²) in [4.78, 5) is 5.61. The van der Waals surface area contributed by atoms with Gasteiger partial charge in [-0.2, -0.15) is 5.10 Å². The van der Waals surface area contributed by atoms with Gasteiger partial charge in [0.2, 0.25) is 0 Å². The van der Waals surface area contributed by atoms with Crippen LogP contribution in [0.5, 0.6) is 0 Å². The van der Waals surface area contributed by atoms with Crippen molar-refractivity contribution in [1.29, 1.82) is 0 Å². The van der Waals surface area contributed by atoms with Crippen molar-refractivity contribution in [2.24, 2.45) is 0 Å². The van der Waals surface area contributed by atoms with Crippen molar-refractivity contribution >= 4 is 48.9 Å². The van der Waals surface area contributed by atoms with E-state index < -0.39 is 0 Å². The topological polar surface area (TPSA) is 42.7 Å². The summed E-state index contributed by atoms with van der Waals surface area (Å²) in [7, 11) is 0. The fourth-order valence-corrected chi connectivity index (χ4v) is 3.89. The largest absolute Gasteiger partial charge is 0.377 e. The Balaban J connectivity index is 1.81. The van der Waals surface area contributed by atoms with Crippen molar-refractivity contribution in [3.05, 3.63) is 56.0 Å². The molecule has 0 spiro atoms. The summed E-state index contributed by atoms with van der Waals surface area (Å²) in [6.45, 7) is 0.745. The van der Waals surface area contributed by atoms with Crippen molar-refractivity contribution < 1.29 is 0 Å². The number of thiophene rings is 1. The Hall–Kier alpha value is -1.18. The van der Waals surface area contributed by atoms with Gasteiger partial charge < -0.3 is 5.32 Å². The Bertz CT molecular complexity index is 689. The molecule has 20 heavy (non-hydrogen) atoms. The summed E-state index contributed by atoms with van der Waals surface area (Å²) in [5.41, 5.74) is 0.955. The maximum atomic E-state index is 4.38. The maximum absolute atomic E-state index is 4.38. The molecule has 0 aliphatic rings. The number of hydrogen-bond donors (Lipinski definition) is 1. The Labute approximate surface area is 137 Å². The molecule has 7 heteroatoms. The van der Waals surface area contributed by atoms with E-state index in [0.717, 1.165) is 26.3 Å². The zero-order valence-corrected chi connectivity index (χ0v) is 14.2. The number of rotatable bonds is 4. The molecular weight excluding hydrogens is 404 g/mol. The summed E-state index contributed by atoms with van der Waals surface area (Å²) in [6, 6.07) is 7.90. The van der Waals surface area contributed by atoms with Gasteiger partial charge in [-0.25, -0.2) is 9.67 Å². The highest BCUT2D eigenvalue weighted by atomic mass is 79.9. The van der Waals surface area contributed by atoms with Gasteiger partial charge in [-0.1, -0.05) is 0 Å². The highest BCUT2D eigenvalue weighted by Crippen LogP contribution is 2.32. The van der Waals surface area contributed by atoms with E-state index in [1.165, 1.54) is 4.88 Å². The Kier molecular flexibility index (Phi) is 4.18. The number of hydrogen-bond acceptors (Lipinski definition) is 4. The fraction of sp³-hybridized carbons (Fsp3) is 0.0769. The highest BCUT2D eigenvalue weighted by Gasteiger charge is 2.07. The van der Waals surface area contributed by atoms with E-state index >= 15 is 0 Å². The SMILES string of the molecule is Brc1cc(CNc2cccnc2-n2cccn2)sc1Br. The van der Waals surface area contributed by atoms with E-state index in [9.17, 15) is 0 Å². The molecule has 0 aliphatic carbocycles. The van der Waals surface area contributed by atoms with E-state index in [1.807, 2.05) is 24.4 Å². The monoisotopic (exact) mass is 412 g/mol. The third kappa shape index (κ3) is 2.94. The van der Waals surface area contributed by atoms with Gasteiger partial charge in [-0.15, -0.1) is 11.3 Å². The van der Waals surface area contributed by atoms with Gasteiger partial charge in [0.25, 0.3) is 0 Å². The second kappa shape index (κ2) is 6.07. The lowest BCUT2D eigenvalue weighted by Crippen LogP contribution is -2.05. The lowest BCUT2D eigenvalue weighted by Gasteiger charge is -2.09. The lowest BCUT2D eigenvalue weighted by molar-refractivity contribution is 0.846. The quantitative estimate of drug-likeness (QED) is 0.686. The molecule has 3 rings (SSSR count). The second-order valence-corrected chi connectivity index (χ2v) is 7.32. The predicted molar refractivity (Wildman–Crippen MR) is 88.4 cm³/mol. The van der Waals surface area contributed by atoms with Crippen LogP contribution in [0.1, 0.15) is 4.88 Å². The normalized spacial score (nSPS) is 10.7. The third-order valence-electron chi connectivity index (χ3n) is 2.66. The van der Waals surface area contributed by atoms with Crippen LogP contribution in [0, 0.1) is 0 Å². The van der Waals surface area contributed by atoms with E-state index in [4.69, 9.17) is 0 Å². The number of nitrogens with one attached hydrogen (secondary N) is 1. The molecule has 0 bridgehead atoms. The van der Waals surface area contributed by atoms with Crippen molar-refractivity contribution in [2.45, 2.75) is 6.54 Å². The fourth-order valence-electron chi connectivity index (χ4n) is 1.77. The number of pyridine rings is 1. The number of anilines is 1.